The van der Waals surface area contributed by atoms with E-state index in [4.69, 9.17) is 9.84 Å². The van der Waals surface area contributed by atoms with E-state index in [1.165, 1.54) is 17.3 Å². The standard InChI is InChI=1S/C37H49FN4O3/c1-4-25(3)36(37(43)44)41-23-29(34(24-41)28-7-6-8-30(38)20-28)22-40-17-15-27(16-18-40)35-21-31(39-42(35)5-2)19-26-9-11-32(12-10-26)45-33-13-14-33/h6-12,20-21,25,27,29,33-34,36H,4-5,13-19,22-24H2,1-3H3,(H,43,44)/t25-,29+,34-,36-/m1/s1. The van der Waals surface area contributed by atoms with Crippen LogP contribution in [0.4, 0.5) is 4.39 Å². The molecule has 2 saturated heterocycles. The van der Waals surface area contributed by atoms with Crippen molar-refractivity contribution in [2.45, 2.75) is 89.8 Å². The summed E-state index contributed by atoms with van der Waals surface area (Å²) in [4.78, 5) is 17.0. The average molecular weight is 617 g/mol. The van der Waals surface area contributed by atoms with Crippen LogP contribution in [-0.4, -0.2) is 75.5 Å². The predicted molar refractivity (Wildman–Crippen MR) is 174 cm³/mol. The first-order chi connectivity index (χ1) is 21.8. The Hall–Kier alpha value is -3.23. The van der Waals surface area contributed by atoms with E-state index in [1.807, 2.05) is 13.0 Å². The molecule has 3 heterocycles. The van der Waals surface area contributed by atoms with Crippen LogP contribution < -0.4 is 4.74 Å². The second kappa shape index (κ2) is 14.0. The van der Waals surface area contributed by atoms with Crippen molar-refractivity contribution in [3.05, 3.63) is 82.9 Å². The smallest absolute Gasteiger partial charge is 0.321 e. The fourth-order valence-corrected chi connectivity index (χ4v) is 7.59. The molecule has 1 saturated carbocycles. The molecular formula is C37H49FN4O3. The lowest BCUT2D eigenvalue weighted by Crippen LogP contribution is -2.45. The number of carboxylic acids is 1. The fourth-order valence-electron chi connectivity index (χ4n) is 7.59. The maximum Gasteiger partial charge on any atom is 0.321 e. The van der Waals surface area contributed by atoms with Crippen molar-refractivity contribution in [1.82, 2.24) is 19.6 Å². The predicted octanol–water partition coefficient (Wildman–Crippen LogP) is 6.57. The molecule has 2 aromatic carbocycles. The van der Waals surface area contributed by atoms with Gasteiger partial charge in [0.1, 0.15) is 17.6 Å². The fraction of sp³-hybridized carbons (Fsp3) is 0.568. The zero-order valence-electron chi connectivity index (χ0n) is 27.1. The number of benzene rings is 2. The summed E-state index contributed by atoms with van der Waals surface area (Å²) >= 11 is 0. The molecule has 2 aliphatic heterocycles. The van der Waals surface area contributed by atoms with E-state index in [9.17, 15) is 14.3 Å². The van der Waals surface area contributed by atoms with Crippen LogP contribution in [0.1, 0.15) is 87.2 Å². The minimum absolute atomic E-state index is 0.0548. The Labute approximate surface area is 267 Å². The van der Waals surface area contributed by atoms with Crippen LogP contribution in [0.2, 0.25) is 0 Å². The molecule has 6 rings (SSSR count). The minimum Gasteiger partial charge on any atom is -0.490 e. The molecule has 242 valence electrons. The highest BCUT2D eigenvalue weighted by Gasteiger charge is 2.42. The van der Waals surface area contributed by atoms with Gasteiger partial charge in [-0.1, -0.05) is 44.5 Å². The van der Waals surface area contributed by atoms with Crippen LogP contribution in [0.3, 0.4) is 0 Å². The molecule has 4 atom stereocenters. The Bertz CT molecular complexity index is 1430. The third-order valence-electron chi connectivity index (χ3n) is 10.4. The number of aromatic nitrogens is 2. The molecule has 1 N–H and O–H groups in total. The van der Waals surface area contributed by atoms with Gasteiger partial charge in [0, 0.05) is 50.1 Å². The lowest BCUT2D eigenvalue weighted by Gasteiger charge is -2.35. The van der Waals surface area contributed by atoms with Gasteiger partial charge in [0.05, 0.1) is 11.8 Å². The number of rotatable bonds is 13. The van der Waals surface area contributed by atoms with Crippen molar-refractivity contribution < 1.29 is 19.0 Å². The van der Waals surface area contributed by atoms with E-state index in [-0.39, 0.29) is 23.6 Å². The summed E-state index contributed by atoms with van der Waals surface area (Å²) in [7, 11) is 0. The molecule has 3 fully saturated rings. The van der Waals surface area contributed by atoms with Crippen LogP contribution in [0, 0.1) is 17.7 Å². The summed E-state index contributed by atoms with van der Waals surface area (Å²) in [6.07, 6.45) is 6.51. The first kappa shape index (κ1) is 31.7. The number of carbonyl (C=O) groups is 1. The molecule has 45 heavy (non-hydrogen) atoms. The summed E-state index contributed by atoms with van der Waals surface area (Å²) in [6.45, 7) is 11.4. The van der Waals surface area contributed by atoms with Gasteiger partial charge in [0.25, 0.3) is 0 Å². The van der Waals surface area contributed by atoms with Crippen LogP contribution in [0.25, 0.3) is 0 Å². The summed E-state index contributed by atoms with van der Waals surface area (Å²) in [5.74, 6) is 0.865. The Morgan fingerprint density at radius 3 is 2.44 bits per heavy atom. The van der Waals surface area contributed by atoms with Crippen LogP contribution >= 0.6 is 0 Å². The van der Waals surface area contributed by atoms with Crippen LogP contribution in [0.15, 0.2) is 54.6 Å². The normalized spacial score (nSPS) is 22.8. The largest absolute Gasteiger partial charge is 0.490 e. The monoisotopic (exact) mass is 616 g/mol. The van der Waals surface area contributed by atoms with Gasteiger partial charge in [0.2, 0.25) is 0 Å². The molecule has 0 radical (unpaired) electrons. The maximum absolute atomic E-state index is 14.3. The van der Waals surface area contributed by atoms with Gasteiger partial charge < -0.3 is 14.7 Å². The summed E-state index contributed by atoms with van der Waals surface area (Å²) in [5.41, 5.74) is 4.68. The van der Waals surface area contributed by atoms with E-state index >= 15 is 0 Å². The molecule has 0 amide bonds. The highest BCUT2D eigenvalue weighted by molar-refractivity contribution is 5.74. The maximum atomic E-state index is 14.3. The molecular weight excluding hydrogens is 567 g/mol. The van der Waals surface area contributed by atoms with Crippen molar-refractivity contribution in [2.75, 3.05) is 32.7 Å². The first-order valence-electron chi connectivity index (χ1n) is 17.1. The first-order valence-corrected chi connectivity index (χ1v) is 17.1. The van der Waals surface area contributed by atoms with E-state index in [0.29, 0.717) is 18.6 Å². The van der Waals surface area contributed by atoms with Crippen LogP contribution in [0.5, 0.6) is 5.75 Å². The number of likely N-dealkylation sites (tertiary alicyclic amines) is 2. The second-order valence-corrected chi connectivity index (χ2v) is 13.6. The van der Waals surface area contributed by atoms with E-state index in [2.05, 4.69) is 58.7 Å². The Kier molecular flexibility index (Phi) is 9.90. The average Bonchev–Trinajstić information content (AvgIpc) is 3.62. The molecule has 0 bridgehead atoms. The minimum atomic E-state index is -0.754. The zero-order chi connectivity index (χ0) is 31.5. The van der Waals surface area contributed by atoms with Gasteiger partial charge in [-0.3, -0.25) is 14.4 Å². The number of hydrogen-bond donors (Lipinski definition) is 1. The molecule has 3 aliphatic rings. The Morgan fingerprint density at radius 2 is 1.80 bits per heavy atom. The topological polar surface area (TPSA) is 70.8 Å². The number of carboxylic acid groups (broad SMARTS) is 1. The van der Waals surface area contributed by atoms with Gasteiger partial charge in [-0.25, -0.2) is 4.39 Å². The Morgan fingerprint density at radius 1 is 1.04 bits per heavy atom. The van der Waals surface area contributed by atoms with E-state index in [0.717, 1.165) is 88.3 Å². The second-order valence-electron chi connectivity index (χ2n) is 13.6. The summed E-state index contributed by atoms with van der Waals surface area (Å²) in [6, 6.07) is 17.2. The van der Waals surface area contributed by atoms with Gasteiger partial charge in [-0.05, 0) is 99.0 Å². The highest BCUT2D eigenvalue weighted by atomic mass is 19.1. The molecule has 1 aromatic heterocycles. The van der Waals surface area contributed by atoms with Crippen molar-refractivity contribution in [2.24, 2.45) is 11.8 Å². The SMILES string of the molecule is CC[C@@H](C)[C@H](C(=O)O)N1C[C@H](CN2CCC(c3cc(Cc4ccc(OC5CC5)cc4)nn3CC)CC2)[C@@H](c2cccc(F)c2)C1. The number of ether oxygens (including phenoxy) is 1. The molecule has 0 unspecified atom stereocenters. The van der Waals surface area contributed by atoms with Gasteiger partial charge in [-0.15, -0.1) is 0 Å². The van der Waals surface area contributed by atoms with Crippen molar-refractivity contribution in [3.63, 3.8) is 0 Å². The molecule has 8 heteroatoms. The van der Waals surface area contributed by atoms with Crippen molar-refractivity contribution in [1.29, 1.82) is 0 Å². The van der Waals surface area contributed by atoms with E-state index < -0.39 is 12.0 Å². The van der Waals surface area contributed by atoms with E-state index in [1.54, 1.807) is 12.1 Å². The molecule has 3 aromatic rings. The summed E-state index contributed by atoms with van der Waals surface area (Å²) in [5, 5.41) is 15.1. The van der Waals surface area contributed by atoms with Crippen LogP contribution in [-0.2, 0) is 17.8 Å². The van der Waals surface area contributed by atoms with Gasteiger partial charge in [0.15, 0.2) is 0 Å². The quantitative estimate of drug-likeness (QED) is 0.234. The van der Waals surface area contributed by atoms with Crippen molar-refractivity contribution >= 4 is 5.97 Å². The summed E-state index contributed by atoms with van der Waals surface area (Å²) < 4.78 is 22.4. The Balaban J connectivity index is 1.10. The molecule has 0 spiro atoms. The zero-order valence-corrected chi connectivity index (χ0v) is 27.1. The highest BCUT2D eigenvalue weighted by Crippen LogP contribution is 2.38. The number of aliphatic carboxylic acids is 1. The molecule has 7 nitrogen and oxygen atoms in total. The van der Waals surface area contributed by atoms with Gasteiger partial charge in [-0.2, -0.15) is 5.10 Å². The molecule has 1 aliphatic carbocycles. The number of aryl methyl sites for hydroxylation is 1. The number of piperidine rings is 1. The number of nitrogens with zero attached hydrogens (tertiary/aromatic N) is 4. The lowest BCUT2D eigenvalue weighted by atomic mass is 9.87. The van der Waals surface area contributed by atoms with Crippen molar-refractivity contribution in [3.8, 4) is 5.75 Å². The third-order valence-corrected chi connectivity index (χ3v) is 10.4. The van der Waals surface area contributed by atoms with Gasteiger partial charge >= 0.3 is 5.97 Å². The number of hydrogen-bond acceptors (Lipinski definition) is 5. The number of halogens is 1. The third kappa shape index (κ3) is 7.60. The lowest BCUT2D eigenvalue weighted by molar-refractivity contribution is -0.145.